The SMILES string of the molecule is Cc1cc(CNC(CN(C)C)c2ccccc2)ccc1F. The molecule has 1 atom stereocenters. The molecule has 1 N–H and O–H groups in total. The zero-order valence-corrected chi connectivity index (χ0v) is 12.9. The Hall–Kier alpha value is -1.71. The molecule has 3 heteroatoms. The number of hydrogen-bond donors (Lipinski definition) is 1. The largest absolute Gasteiger partial charge is 0.308 e. The molecule has 0 aliphatic carbocycles. The first-order chi connectivity index (χ1) is 10.1. The Balaban J connectivity index is 2.07. The van der Waals surface area contributed by atoms with Crippen LogP contribution in [0.1, 0.15) is 22.7 Å². The molecule has 2 aromatic carbocycles. The minimum Gasteiger partial charge on any atom is -0.308 e. The van der Waals surface area contributed by atoms with Gasteiger partial charge in [-0.05, 0) is 43.8 Å². The number of aryl methyl sites for hydroxylation is 1. The van der Waals surface area contributed by atoms with Crippen LogP contribution in [-0.4, -0.2) is 25.5 Å². The number of halogens is 1. The summed E-state index contributed by atoms with van der Waals surface area (Å²) in [6.45, 7) is 3.45. The summed E-state index contributed by atoms with van der Waals surface area (Å²) < 4.78 is 13.3. The lowest BCUT2D eigenvalue weighted by atomic mass is 10.1. The maximum Gasteiger partial charge on any atom is 0.126 e. The van der Waals surface area contributed by atoms with Crippen LogP contribution in [0.15, 0.2) is 48.5 Å². The Kier molecular flexibility index (Phi) is 5.48. The number of likely N-dealkylation sites (N-methyl/N-ethyl adjacent to an activating group) is 1. The molecule has 0 bridgehead atoms. The molecule has 0 spiro atoms. The van der Waals surface area contributed by atoms with Crippen molar-refractivity contribution in [3.8, 4) is 0 Å². The lowest BCUT2D eigenvalue weighted by molar-refractivity contribution is 0.340. The Morgan fingerprint density at radius 3 is 2.43 bits per heavy atom. The molecular formula is C18H23FN2. The van der Waals surface area contributed by atoms with Crippen molar-refractivity contribution in [1.82, 2.24) is 10.2 Å². The minimum atomic E-state index is -0.147. The molecule has 2 rings (SSSR count). The Labute approximate surface area is 126 Å². The van der Waals surface area contributed by atoms with Crippen molar-refractivity contribution >= 4 is 0 Å². The second-order valence-corrected chi connectivity index (χ2v) is 5.69. The summed E-state index contributed by atoms with van der Waals surface area (Å²) >= 11 is 0. The van der Waals surface area contributed by atoms with E-state index in [1.54, 1.807) is 6.92 Å². The van der Waals surface area contributed by atoms with Crippen LogP contribution in [0.3, 0.4) is 0 Å². The van der Waals surface area contributed by atoms with Crippen molar-refractivity contribution in [2.75, 3.05) is 20.6 Å². The highest BCUT2D eigenvalue weighted by Gasteiger charge is 2.12. The van der Waals surface area contributed by atoms with Crippen LogP contribution in [0.25, 0.3) is 0 Å². The summed E-state index contributed by atoms with van der Waals surface area (Å²) in [5.74, 6) is -0.147. The summed E-state index contributed by atoms with van der Waals surface area (Å²) in [7, 11) is 4.14. The van der Waals surface area contributed by atoms with Gasteiger partial charge >= 0.3 is 0 Å². The second kappa shape index (κ2) is 7.34. The van der Waals surface area contributed by atoms with Gasteiger partial charge < -0.3 is 10.2 Å². The summed E-state index contributed by atoms with van der Waals surface area (Å²) in [6, 6.07) is 16.0. The quantitative estimate of drug-likeness (QED) is 0.874. The molecule has 0 radical (unpaired) electrons. The van der Waals surface area contributed by atoms with Crippen LogP contribution in [0.2, 0.25) is 0 Å². The van der Waals surface area contributed by atoms with E-state index in [0.29, 0.717) is 5.56 Å². The fraction of sp³-hybridized carbons (Fsp3) is 0.333. The van der Waals surface area contributed by atoms with Crippen molar-refractivity contribution in [2.24, 2.45) is 0 Å². The molecule has 1 unspecified atom stereocenters. The van der Waals surface area contributed by atoms with Gasteiger partial charge in [-0.25, -0.2) is 4.39 Å². The first-order valence-corrected chi connectivity index (χ1v) is 7.24. The average molecular weight is 286 g/mol. The van der Waals surface area contributed by atoms with Gasteiger partial charge in [-0.15, -0.1) is 0 Å². The number of nitrogens with one attached hydrogen (secondary N) is 1. The van der Waals surface area contributed by atoms with Crippen LogP contribution in [0, 0.1) is 12.7 Å². The molecule has 2 aromatic rings. The van der Waals surface area contributed by atoms with Gasteiger partial charge in [-0.1, -0.05) is 42.5 Å². The predicted octanol–water partition coefficient (Wildman–Crippen LogP) is 3.53. The number of nitrogens with zero attached hydrogens (tertiary/aromatic N) is 1. The molecule has 0 saturated carbocycles. The van der Waals surface area contributed by atoms with E-state index in [1.807, 2.05) is 18.2 Å². The van der Waals surface area contributed by atoms with E-state index < -0.39 is 0 Å². The van der Waals surface area contributed by atoms with Crippen molar-refractivity contribution in [1.29, 1.82) is 0 Å². The van der Waals surface area contributed by atoms with Crippen LogP contribution in [0.4, 0.5) is 4.39 Å². The molecule has 0 saturated heterocycles. The van der Waals surface area contributed by atoms with E-state index in [9.17, 15) is 4.39 Å². The van der Waals surface area contributed by atoms with E-state index in [4.69, 9.17) is 0 Å². The Morgan fingerprint density at radius 2 is 1.81 bits per heavy atom. The molecule has 0 aliphatic heterocycles. The normalized spacial score (nSPS) is 12.6. The molecule has 112 valence electrons. The third-order valence-corrected chi connectivity index (χ3v) is 3.52. The summed E-state index contributed by atoms with van der Waals surface area (Å²) in [4.78, 5) is 2.17. The van der Waals surface area contributed by atoms with Crippen LogP contribution >= 0.6 is 0 Å². The number of benzene rings is 2. The monoisotopic (exact) mass is 286 g/mol. The molecule has 2 nitrogen and oxygen atoms in total. The molecule has 0 heterocycles. The van der Waals surface area contributed by atoms with Crippen LogP contribution in [-0.2, 0) is 6.54 Å². The lowest BCUT2D eigenvalue weighted by Crippen LogP contribution is -2.30. The highest BCUT2D eigenvalue weighted by molar-refractivity contribution is 5.24. The van der Waals surface area contributed by atoms with Gasteiger partial charge in [0.2, 0.25) is 0 Å². The summed E-state index contributed by atoms with van der Waals surface area (Å²) in [6.07, 6.45) is 0. The molecule has 0 fully saturated rings. The average Bonchev–Trinajstić information content (AvgIpc) is 2.47. The fourth-order valence-electron chi connectivity index (χ4n) is 2.40. The number of hydrogen-bond acceptors (Lipinski definition) is 2. The zero-order valence-electron chi connectivity index (χ0n) is 12.9. The maximum absolute atomic E-state index is 13.3. The smallest absolute Gasteiger partial charge is 0.126 e. The van der Waals surface area contributed by atoms with Crippen molar-refractivity contribution in [3.63, 3.8) is 0 Å². The highest BCUT2D eigenvalue weighted by atomic mass is 19.1. The molecule has 0 amide bonds. The predicted molar refractivity (Wildman–Crippen MR) is 85.7 cm³/mol. The third-order valence-electron chi connectivity index (χ3n) is 3.52. The minimum absolute atomic E-state index is 0.147. The van der Waals surface area contributed by atoms with E-state index >= 15 is 0 Å². The van der Waals surface area contributed by atoms with E-state index in [-0.39, 0.29) is 11.9 Å². The maximum atomic E-state index is 13.3. The van der Waals surface area contributed by atoms with Gasteiger partial charge in [-0.3, -0.25) is 0 Å². The summed E-state index contributed by atoms with van der Waals surface area (Å²) in [5.41, 5.74) is 3.07. The van der Waals surface area contributed by atoms with Crippen molar-refractivity contribution in [2.45, 2.75) is 19.5 Å². The zero-order chi connectivity index (χ0) is 15.2. The molecule has 21 heavy (non-hydrogen) atoms. The lowest BCUT2D eigenvalue weighted by Gasteiger charge is -2.23. The van der Waals surface area contributed by atoms with E-state index in [2.05, 4.69) is 48.6 Å². The van der Waals surface area contributed by atoms with Gasteiger partial charge in [0, 0.05) is 19.1 Å². The molecule has 0 aromatic heterocycles. The van der Waals surface area contributed by atoms with Gasteiger partial charge in [0.25, 0.3) is 0 Å². The third kappa shape index (κ3) is 4.66. The van der Waals surface area contributed by atoms with Crippen LogP contribution < -0.4 is 5.32 Å². The molecular weight excluding hydrogens is 263 g/mol. The summed E-state index contributed by atoms with van der Waals surface area (Å²) in [5, 5.41) is 3.57. The van der Waals surface area contributed by atoms with Gasteiger partial charge in [0.1, 0.15) is 5.82 Å². The molecule has 0 aliphatic rings. The Bertz CT molecular complexity index is 567. The van der Waals surface area contributed by atoms with E-state index in [1.165, 1.54) is 11.6 Å². The topological polar surface area (TPSA) is 15.3 Å². The van der Waals surface area contributed by atoms with Gasteiger partial charge in [0.05, 0.1) is 0 Å². The number of rotatable bonds is 6. The van der Waals surface area contributed by atoms with E-state index in [0.717, 1.165) is 18.7 Å². The van der Waals surface area contributed by atoms with Crippen molar-refractivity contribution < 1.29 is 4.39 Å². The van der Waals surface area contributed by atoms with Crippen LogP contribution in [0.5, 0.6) is 0 Å². The first-order valence-electron chi connectivity index (χ1n) is 7.24. The van der Waals surface area contributed by atoms with Gasteiger partial charge in [-0.2, -0.15) is 0 Å². The fourth-order valence-corrected chi connectivity index (χ4v) is 2.40. The first kappa shape index (κ1) is 15.7. The Morgan fingerprint density at radius 1 is 1.10 bits per heavy atom. The standard InChI is InChI=1S/C18H23FN2/c1-14-11-15(9-10-17(14)19)12-20-18(13-21(2)3)16-7-5-4-6-8-16/h4-11,18,20H,12-13H2,1-3H3. The van der Waals surface area contributed by atoms with Crippen molar-refractivity contribution in [3.05, 3.63) is 71.0 Å². The highest BCUT2D eigenvalue weighted by Crippen LogP contribution is 2.15. The second-order valence-electron chi connectivity index (χ2n) is 5.69. The van der Waals surface area contributed by atoms with Gasteiger partial charge in [0.15, 0.2) is 0 Å².